The molecule has 1 aliphatic rings. The van der Waals surface area contributed by atoms with E-state index in [0.717, 1.165) is 26.9 Å². The predicted octanol–water partition coefficient (Wildman–Crippen LogP) is 3.77. The van der Waals surface area contributed by atoms with Gasteiger partial charge in [-0.1, -0.05) is 6.07 Å². The average Bonchev–Trinajstić information content (AvgIpc) is 3.40. The molecule has 3 heterocycles. The van der Waals surface area contributed by atoms with Crippen LogP contribution in [-0.4, -0.2) is 52.0 Å². The van der Waals surface area contributed by atoms with E-state index in [2.05, 4.69) is 10.1 Å². The van der Waals surface area contributed by atoms with Crippen molar-refractivity contribution in [2.75, 3.05) is 25.7 Å². The first-order valence-corrected chi connectivity index (χ1v) is 10.6. The number of rotatable bonds is 7. The summed E-state index contributed by atoms with van der Waals surface area (Å²) in [7, 11) is 3.03. The topological polar surface area (TPSA) is 92.9 Å². The summed E-state index contributed by atoms with van der Waals surface area (Å²) in [5.41, 5.74) is 4.37. The van der Waals surface area contributed by atoms with E-state index >= 15 is 0 Å². The van der Waals surface area contributed by atoms with Crippen LogP contribution in [0, 0.1) is 6.92 Å². The highest BCUT2D eigenvalue weighted by atomic mass is 19.4. The molecule has 0 spiro atoms. The Bertz CT molecular complexity index is 1180. The van der Waals surface area contributed by atoms with Crippen molar-refractivity contribution in [1.29, 1.82) is 0 Å². The van der Waals surface area contributed by atoms with Crippen molar-refractivity contribution >= 4 is 5.69 Å². The summed E-state index contributed by atoms with van der Waals surface area (Å²) in [5.74, 6) is 0.843. The summed E-state index contributed by atoms with van der Waals surface area (Å²) in [6, 6.07) is 3.69. The molecule has 2 aromatic heterocycles. The molecule has 0 radical (unpaired) electrons. The second-order valence-electron chi connectivity index (χ2n) is 8.05. The fraction of sp³-hybridized carbons (Fsp3) is 0.391. The molecule has 1 unspecified atom stereocenters. The molecule has 0 amide bonds. The van der Waals surface area contributed by atoms with E-state index in [9.17, 15) is 18.3 Å². The molecule has 1 aliphatic heterocycles. The highest BCUT2D eigenvalue weighted by molar-refractivity contribution is 5.69. The van der Waals surface area contributed by atoms with E-state index in [1.807, 2.05) is 19.1 Å². The van der Waals surface area contributed by atoms with Gasteiger partial charge in [0, 0.05) is 43.1 Å². The van der Waals surface area contributed by atoms with Crippen molar-refractivity contribution in [2.24, 2.45) is 0 Å². The summed E-state index contributed by atoms with van der Waals surface area (Å²) < 4.78 is 51.4. The third-order valence-corrected chi connectivity index (χ3v) is 5.95. The Morgan fingerprint density at radius 2 is 1.91 bits per heavy atom. The van der Waals surface area contributed by atoms with Crippen LogP contribution in [0.1, 0.15) is 35.4 Å². The predicted molar refractivity (Wildman–Crippen MR) is 118 cm³/mol. The van der Waals surface area contributed by atoms with E-state index in [1.165, 1.54) is 26.6 Å². The Balaban J connectivity index is 1.65. The summed E-state index contributed by atoms with van der Waals surface area (Å²) in [6.45, 7) is 1.53. The number of nitrogens with zero attached hydrogens (tertiary/aromatic N) is 4. The first kappa shape index (κ1) is 23.8. The van der Waals surface area contributed by atoms with Crippen LogP contribution in [0.4, 0.5) is 18.9 Å². The number of anilines is 1. The number of aromatic nitrogens is 3. The van der Waals surface area contributed by atoms with Gasteiger partial charge in [0.2, 0.25) is 0 Å². The van der Waals surface area contributed by atoms with Crippen LogP contribution in [0.15, 0.2) is 36.8 Å². The number of benzene rings is 1. The Morgan fingerprint density at radius 1 is 1.15 bits per heavy atom. The first-order valence-electron chi connectivity index (χ1n) is 10.6. The van der Waals surface area contributed by atoms with Gasteiger partial charge in [-0.3, -0.25) is 4.68 Å². The van der Waals surface area contributed by atoms with Crippen LogP contribution in [0.5, 0.6) is 11.6 Å². The van der Waals surface area contributed by atoms with Crippen molar-refractivity contribution in [3.05, 3.63) is 53.5 Å². The molecule has 0 bridgehead atoms. The number of aliphatic hydroxyl groups excluding tert-OH is 2. The van der Waals surface area contributed by atoms with Crippen molar-refractivity contribution in [3.63, 3.8) is 0 Å². The smallest absolute Gasteiger partial charge is 0.410 e. The number of pyridine rings is 1. The van der Waals surface area contributed by atoms with Crippen molar-refractivity contribution in [3.8, 4) is 22.8 Å². The number of aliphatic hydroxyl groups is 2. The van der Waals surface area contributed by atoms with Gasteiger partial charge < -0.3 is 24.6 Å². The molecule has 2 atom stereocenters. The number of halogens is 3. The molecule has 2 N–H and O–H groups in total. The third-order valence-electron chi connectivity index (χ3n) is 5.95. The number of ether oxygens (including phenoxy) is 2. The van der Waals surface area contributed by atoms with Gasteiger partial charge in [0.05, 0.1) is 26.1 Å². The van der Waals surface area contributed by atoms with Gasteiger partial charge in [0.1, 0.15) is 6.04 Å². The highest BCUT2D eigenvalue weighted by Gasteiger charge is 2.41. The Kier molecular flexibility index (Phi) is 6.41. The van der Waals surface area contributed by atoms with Gasteiger partial charge in [0.25, 0.3) is 5.88 Å². The SMILES string of the molecule is COc1cc(-c2cc(C)c3c(c2)CN(c2cnn([C@H](CCO)C(F)(F)F)c2)C3O)cnc1OC. The second-order valence-corrected chi connectivity index (χ2v) is 8.05. The molecule has 182 valence electrons. The van der Waals surface area contributed by atoms with E-state index in [1.54, 1.807) is 17.2 Å². The second kappa shape index (κ2) is 9.15. The lowest BCUT2D eigenvalue weighted by Crippen LogP contribution is -2.28. The zero-order chi connectivity index (χ0) is 24.6. The maximum absolute atomic E-state index is 13.4. The largest absolute Gasteiger partial charge is 0.491 e. The molecule has 0 saturated heterocycles. The Labute approximate surface area is 194 Å². The monoisotopic (exact) mass is 478 g/mol. The average molecular weight is 478 g/mol. The minimum absolute atomic E-state index is 0.286. The lowest BCUT2D eigenvalue weighted by atomic mass is 9.96. The van der Waals surface area contributed by atoms with Gasteiger partial charge >= 0.3 is 6.18 Å². The lowest BCUT2D eigenvalue weighted by molar-refractivity contribution is -0.173. The van der Waals surface area contributed by atoms with Gasteiger partial charge in [-0.2, -0.15) is 18.3 Å². The summed E-state index contributed by atoms with van der Waals surface area (Å²) in [5, 5.41) is 23.9. The molecule has 11 heteroatoms. The van der Waals surface area contributed by atoms with Gasteiger partial charge in [-0.05, 0) is 35.7 Å². The van der Waals surface area contributed by atoms with Crippen molar-refractivity contribution in [2.45, 2.75) is 38.3 Å². The first-order chi connectivity index (χ1) is 16.2. The van der Waals surface area contributed by atoms with Crippen LogP contribution in [-0.2, 0) is 6.54 Å². The van der Waals surface area contributed by atoms with Crippen LogP contribution in [0.2, 0.25) is 0 Å². The standard InChI is InChI=1S/C23H25F3N4O4/c1-13-6-14(15-8-18(33-2)21(34-3)27-9-15)7-16-11-29(22(32)20(13)16)17-10-28-30(12-17)19(4-5-31)23(24,25)26/h6-10,12,19,22,31-32H,4-5,11H2,1-3H3/t19-,22?/m1/s1. The number of aryl methyl sites for hydroxylation is 1. The molecular weight excluding hydrogens is 453 g/mol. The quantitative estimate of drug-likeness (QED) is 0.534. The summed E-state index contributed by atoms with van der Waals surface area (Å²) in [6.07, 6.45) is -1.90. The number of fused-ring (bicyclic) bond motifs is 1. The number of hydrogen-bond donors (Lipinski definition) is 2. The fourth-order valence-electron chi connectivity index (χ4n) is 4.30. The molecule has 4 rings (SSSR count). The molecular formula is C23H25F3N4O4. The van der Waals surface area contributed by atoms with Gasteiger partial charge in [-0.25, -0.2) is 4.98 Å². The van der Waals surface area contributed by atoms with Crippen LogP contribution >= 0.6 is 0 Å². The van der Waals surface area contributed by atoms with Crippen LogP contribution in [0.25, 0.3) is 11.1 Å². The highest BCUT2D eigenvalue weighted by Crippen LogP contribution is 2.41. The van der Waals surface area contributed by atoms with Gasteiger partial charge in [-0.15, -0.1) is 0 Å². The van der Waals surface area contributed by atoms with E-state index in [-0.39, 0.29) is 6.54 Å². The maximum Gasteiger partial charge on any atom is 0.410 e. The molecule has 3 aromatic rings. The van der Waals surface area contributed by atoms with E-state index in [4.69, 9.17) is 14.6 Å². The molecule has 34 heavy (non-hydrogen) atoms. The van der Waals surface area contributed by atoms with E-state index < -0.39 is 31.5 Å². The van der Waals surface area contributed by atoms with Gasteiger partial charge in [0.15, 0.2) is 12.0 Å². The Hall–Kier alpha value is -3.31. The summed E-state index contributed by atoms with van der Waals surface area (Å²) in [4.78, 5) is 5.86. The number of alkyl halides is 3. The molecule has 0 aliphatic carbocycles. The Morgan fingerprint density at radius 3 is 2.56 bits per heavy atom. The van der Waals surface area contributed by atoms with Crippen LogP contribution < -0.4 is 14.4 Å². The van der Waals surface area contributed by atoms with Crippen molar-refractivity contribution in [1.82, 2.24) is 14.8 Å². The zero-order valence-corrected chi connectivity index (χ0v) is 18.9. The van der Waals surface area contributed by atoms with Crippen molar-refractivity contribution < 1.29 is 32.9 Å². The normalized spacial score (nSPS) is 16.5. The maximum atomic E-state index is 13.4. The molecule has 1 aromatic carbocycles. The molecule has 8 nitrogen and oxygen atoms in total. The summed E-state index contributed by atoms with van der Waals surface area (Å²) >= 11 is 0. The van der Waals surface area contributed by atoms with Crippen LogP contribution in [0.3, 0.4) is 0 Å². The fourth-order valence-corrected chi connectivity index (χ4v) is 4.30. The minimum Gasteiger partial charge on any atom is -0.491 e. The lowest BCUT2D eigenvalue weighted by Gasteiger charge is -2.22. The third kappa shape index (κ3) is 4.28. The van der Waals surface area contributed by atoms with E-state index in [0.29, 0.717) is 22.9 Å². The number of hydrogen-bond acceptors (Lipinski definition) is 7. The molecule has 0 saturated carbocycles. The number of methoxy groups -OCH3 is 2. The molecule has 0 fully saturated rings. The zero-order valence-electron chi connectivity index (χ0n) is 18.9. The minimum atomic E-state index is -4.56.